The van der Waals surface area contributed by atoms with Gasteiger partial charge in [0.2, 0.25) is 5.91 Å². The molecule has 2 aromatic rings. The average molecular weight is 397 g/mol. The lowest BCUT2D eigenvalue weighted by molar-refractivity contribution is -0.138. The highest BCUT2D eigenvalue weighted by Crippen LogP contribution is 2.39. The van der Waals surface area contributed by atoms with Crippen LogP contribution in [0.2, 0.25) is 0 Å². The summed E-state index contributed by atoms with van der Waals surface area (Å²) in [5, 5.41) is 0. The Morgan fingerprint density at radius 1 is 1.24 bits per heavy atom. The summed E-state index contributed by atoms with van der Waals surface area (Å²) < 4.78 is 10.5. The minimum Gasteiger partial charge on any atom is -0.468 e. The third kappa shape index (κ3) is 4.28. The van der Waals surface area contributed by atoms with Crippen LogP contribution in [0.5, 0.6) is 5.95 Å². The summed E-state index contributed by atoms with van der Waals surface area (Å²) in [4.78, 5) is 33.6. The molecule has 2 aliphatic heterocycles. The Bertz CT molecular complexity index is 866. The van der Waals surface area contributed by atoms with Gasteiger partial charge in [0.1, 0.15) is 0 Å². The maximum atomic E-state index is 12.9. The SMILES string of the molecule is COc1ccc(C(=O)N2CCC[C@]3(CCC(=O)N(CCc4ccccn4)C3)C2)o1. The van der Waals surface area contributed by atoms with Crippen LogP contribution in [0.4, 0.5) is 0 Å². The number of rotatable bonds is 5. The van der Waals surface area contributed by atoms with E-state index in [4.69, 9.17) is 9.15 Å². The molecule has 2 fully saturated rings. The van der Waals surface area contributed by atoms with Gasteiger partial charge in [0.05, 0.1) is 7.11 Å². The zero-order valence-electron chi connectivity index (χ0n) is 16.8. The fourth-order valence-electron chi connectivity index (χ4n) is 4.52. The number of piperidine rings is 2. The molecule has 2 aliphatic rings. The molecular formula is C22H27N3O4. The topological polar surface area (TPSA) is 75.9 Å². The van der Waals surface area contributed by atoms with Crippen LogP contribution in [0.3, 0.4) is 0 Å². The molecule has 7 heteroatoms. The van der Waals surface area contributed by atoms with Gasteiger partial charge < -0.3 is 19.0 Å². The maximum absolute atomic E-state index is 12.9. The van der Waals surface area contributed by atoms with E-state index in [0.29, 0.717) is 44.3 Å². The molecule has 2 aromatic heterocycles. The maximum Gasteiger partial charge on any atom is 0.289 e. The van der Waals surface area contributed by atoms with Gasteiger partial charge in [0, 0.05) is 62.4 Å². The second kappa shape index (κ2) is 8.27. The number of pyridine rings is 1. The monoisotopic (exact) mass is 397 g/mol. The number of likely N-dealkylation sites (tertiary alicyclic amines) is 2. The van der Waals surface area contributed by atoms with Crippen LogP contribution in [-0.2, 0) is 11.2 Å². The molecule has 1 atom stereocenters. The summed E-state index contributed by atoms with van der Waals surface area (Å²) in [7, 11) is 1.52. The van der Waals surface area contributed by atoms with Gasteiger partial charge in [0.25, 0.3) is 11.9 Å². The van der Waals surface area contributed by atoms with E-state index in [-0.39, 0.29) is 17.2 Å². The predicted octanol–water partition coefficient (Wildman–Crippen LogP) is 2.77. The molecule has 0 aliphatic carbocycles. The van der Waals surface area contributed by atoms with E-state index < -0.39 is 0 Å². The lowest BCUT2D eigenvalue weighted by Gasteiger charge is -2.48. The second-order valence-electron chi connectivity index (χ2n) is 8.04. The van der Waals surface area contributed by atoms with Crippen molar-refractivity contribution in [2.45, 2.75) is 32.1 Å². The molecule has 0 saturated carbocycles. The first-order valence-electron chi connectivity index (χ1n) is 10.2. The molecular weight excluding hydrogens is 370 g/mol. The first-order valence-corrected chi connectivity index (χ1v) is 10.2. The van der Waals surface area contributed by atoms with Crippen molar-refractivity contribution in [3.63, 3.8) is 0 Å². The van der Waals surface area contributed by atoms with Crippen LogP contribution in [0, 0.1) is 5.41 Å². The first-order chi connectivity index (χ1) is 14.1. The van der Waals surface area contributed by atoms with Gasteiger partial charge in [-0.1, -0.05) is 6.07 Å². The van der Waals surface area contributed by atoms with Gasteiger partial charge in [0.15, 0.2) is 5.76 Å². The van der Waals surface area contributed by atoms with E-state index in [1.54, 1.807) is 18.3 Å². The highest BCUT2D eigenvalue weighted by molar-refractivity contribution is 5.91. The van der Waals surface area contributed by atoms with Crippen LogP contribution < -0.4 is 4.74 Å². The zero-order valence-corrected chi connectivity index (χ0v) is 16.8. The normalized spacial score (nSPS) is 22.2. The third-order valence-corrected chi connectivity index (χ3v) is 6.05. The smallest absolute Gasteiger partial charge is 0.289 e. The minimum atomic E-state index is -0.107. The molecule has 1 spiro atoms. The number of methoxy groups -OCH3 is 1. The molecule has 7 nitrogen and oxygen atoms in total. The third-order valence-electron chi connectivity index (χ3n) is 6.05. The highest BCUT2D eigenvalue weighted by Gasteiger charge is 2.43. The Balaban J connectivity index is 1.42. The number of ether oxygens (including phenoxy) is 1. The molecule has 0 N–H and O–H groups in total. The molecule has 29 heavy (non-hydrogen) atoms. The number of nitrogens with zero attached hydrogens (tertiary/aromatic N) is 3. The summed E-state index contributed by atoms with van der Waals surface area (Å²) >= 11 is 0. The van der Waals surface area contributed by atoms with E-state index in [1.807, 2.05) is 28.0 Å². The lowest BCUT2D eigenvalue weighted by Crippen LogP contribution is -2.55. The molecule has 154 valence electrons. The number of aromatic nitrogens is 1. The van der Waals surface area contributed by atoms with Crippen molar-refractivity contribution in [2.75, 3.05) is 33.3 Å². The van der Waals surface area contributed by atoms with Crippen molar-refractivity contribution in [2.24, 2.45) is 5.41 Å². The quantitative estimate of drug-likeness (QED) is 0.775. The number of hydrogen-bond acceptors (Lipinski definition) is 5. The second-order valence-corrected chi connectivity index (χ2v) is 8.04. The fourth-order valence-corrected chi connectivity index (χ4v) is 4.52. The van der Waals surface area contributed by atoms with E-state index in [0.717, 1.165) is 31.4 Å². The van der Waals surface area contributed by atoms with Crippen molar-refractivity contribution in [1.29, 1.82) is 0 Å². The number of carbonyl (C=O) groups excluding carboxylic acids is 2. The van der Waals surface area contributed by atoms with Crippen molar-refractivity contribution in [3.8, 4) is 5.95 Å². The molecule has 0 bridgehead atoms. The Labute approximate surface area is 170 Å². The van der Waals surface area contributed by atoms with Crippen molar-refractivity contribution in [3.05, 3.63) is 48.0 Å². The molecule has 0 radical (unpaired) electrons. The van der Waals surface area contributed by atoms with Crippen LogP contribution in [0.15, 0.2) is 40.9 Å². The van der Waals surface area contributed by atoms with E-state index in [1.165, 1.54) is 7.11 Å². The predicted molar refractivity (Wildman–Crippen MR) is 107 cm³/mol. The fraction of sp³-hybridized carbons (Fsp3) is 0.500. The minimum absolute atomic E-state index is 0.0391. The summed E-state index contributed by atoms with van der Waals surface area (Å²) in [5.74, 6) is 0.733. The number of furan rings is 1. The van der Waals surface area contributed by atoms with Gasteiger partial charge >= 0.3 is 0 Å². The summed E-state index contributed by atoms with van der Waals surface area (Å²) in [6.07, 6.45) is 5.87. The van der Waals surface area contributed by atoms with Gasteiger partial charge in [-0.2, -0.15) is 0 Å². The van der Waals surface area contributed by atoms with Gasteiger partial charge in [-0.25, -0.2) is 0 Å². The number of amides is 2. The average Bonchev–Trinajstić information content (AvgIpc) is 3.24. The summed E-state index contributed by atoms with van der Waals surface area (Å²) in [5.41, 5.74) is 0.954. The van der Waals surface area contributed by atoms with Crippen LogP contribution in [-0.4, -0.2) is 59.9 Å². The van der Waals surface area contributed by atoms with Gasteiger partial charge in [-0.3, -0.25) is 14.6 Å². The van der Waals surface area contributed by atoms with E-state index in [9.17, 15) is 9.59 Å². The standard InChI is InChI=1S/C22H27N3O4/c1-28-20-7-6-18(29-20)21(27)25-13-4-10-22(16-25)11-8-19(26)24(15-22)14-9-17-5-2-3-12-23-17/h2-3,5-7,12H,4,8-11,13-16H2,1H3/t22-/m1/s1. The van der Waals surface area contributed by atoms with Crippen LogP contribution >= 0.6 is 0 Å². The van der Waals surface area contributed by atoms with Crippen molar-refractivity contribution in [1.82, 2.24) is 14.8 Å². The number of carbonyl (C=O) groups is 2. The summed E-state index contributed by atoms with van der Waals surface area (Å²) in [6.45, 7) is 2.73. The Morgan fingerprint density at radius 3 is 2.90 bits per heavy atom. The van der Waals surface area contributed by atoms with Crippen molar-refractivity contribution >= 4 is 11.8 Å². The van der Waals surface area contributed by atoms with Crippen LogP contribution in [0.25, 0.3) is 0 Å². The molecule has 2 amide bonds. The Hall–Kier alpha value is -2.83. The Morgan fingerprint density at radius 2 is 2.14 bits per heavy atom. The Kier molecular flexibility index (Phi) is 5.56. The van der Waals surface area contributed by atoms with Crippen molar-refractivity contribution < 1.29 is 18.7 Å². The summed E-state index contributed by atoms with van der Waals surface area (Å²) in [6, 6.07) is 9.17. The molecule has 0 unspecified atom stereocenters. The lowest BCUT2D eigenvalue weighted by atomic mass is 9.73. The zero-order chi connectivity index (χ0) is 20.3. The molecule has 4 heterocycles. The molecule has 0 aromatic carbocycles. The van der Waals surface area contributed by atoms with E-state index in [2.05, 4.69) is 4.98 Å². The number of hydrogen-bond donors (Lipinski definition) is 0. The molecule has 4 rings (SSSR count). The largest absolute Gasteiger partial charge is 0.468 e. The highest BCUT2D eigenvalue weighted by atomic mass is 16.6. The van der Waals surface area contributed by atoms with Gasteiger partial charge in [-0.15, -0.1) is 0 Å². The molecule has 2 saturated heterocycles. The van der Waals surface area contributed by atoms with Gasteiger partial charge in [-0.05, 0) is 37.5 Å². The first kappa shape index (κ1) is 19.5. The van der Waals surface area contributed by atoms with E-state index >= 15 is 0 Å². The van der Waals surface area contributed by atoms with Crippen LogP contribution in [0.1, 0.15) is 41.9 Å².